The number of amides is 1. The van der Waals surface area contributed by atoms with Crippen LogP contribution in [0.25, 0.3) is 10.9 Å². The monoisotopic (exact) mass is 535 g/mol. The van der Waals surface area contributed by atoms with E-state index >= 15 is 0 Å². The van der Waals surface area contributed by atoms with Crippen LogP contribution >= 0.6 is 0 Å². The topological polar surface area (TPSA) is 72.8 Å². The SMILES string of the molecule is O=C1c2cc3cc(C4CC4)ccc3n2C(=O)CN1C[C@H](Cc1ccccc1)NCc1cccc(OC2COC2)c1. The fourth-order valence-electron chi connectivity index (χ4n) is 5.78. The van der Waals surface area contributed by atoms with Gasteiger partial charge in [0, 0.05) is 24.5 Å². The minimum atomic E-state index is -0.0956. The number of carbonyl (C=O) groups is 2. The van der Waals surface area contributed by atoms with E-state index in [0.717, 1.165) is 28.6 Å². The molecule has 0 radical (unpaired) electrons. The van der Waals surface area contributed by atoms with Crippen LogP contribution in [0.15, 0.2) is 78.9 Å². The molecule has 7 nitrogen and oxygen atoms in total. The third-order valence-electron chi connectivity index (χ3n) is 8.13. The average molecular weight is 536 g/mol. The van der Waals surface area contributed by atoms with Gasteiger partial charge in [0.15, 0.2) is 0 Å². The molecule has 1 atom stereocenters. The number of aromatic nitrogens is 1. The molecule has 7 rings (SSSR count). The Morgan fingerprint density at radius 3 is 2.52 bits per heavy atom. The third kappa shape index (κ3) is 5.15. The van der Waals surface area contributed by atoms with Gasteiger partial charge in [-0.15, -0.1) is 0 Å². The summed E-state index contributed by atoms with van der Waals surface area (Å²) in [6.45, 7) is 2.38. The van der Waals surface area contributed by atoms with E-state index in [9.17, 15) is 9.59 Å². The van der Waals surface area contributed by atoms with Gasteiger partial charge in [-0.3, -0.25) is 14.2 Å². The molecule has 3 aliphatic rings. The van der Waals surface area contributed by atoms with E-state index in [1.54, 1.807) is 9.47 Å². The van der Waals surface area contributed by atoms with Crippen molar-refractivity contribution < 1.29 is 19.1 Å². The first kappa shape index (κ1) is 25.1. The number of fused-ring (bicyclic) bond motifs is 3. The minimum Gasteiger partial charge on any atom is -0.486 e. The van der Waals surface area contributed by atoms with Crippen molar-refractivity contribution in [1.82, 2.24) is 14.8 Å². The molecule has 0 spiro atoms. The second-order valence-electron chi connectivity index (χ2n) is 11.2. The predicted molar refractivity (Wildman–Crippen MR) is 153 cm³/mol. The van der Waals surface area contributed by atoms with Crippen molar-refractivity contribution in [3.63, 3.8) is 0 Å². The number of carbonyl (C=O) groups excluding carboxylic acids is 2. The quantitative estimate of drug-likeness (QED) is 0.316. The number of ether oxygens (including phenoxy) is 2. The van der Waals surface area contributed by atoms with E-state index in [2.05, 4.69) is 41.7 Å². The second kappa shape index (κ2) is 10.6. The van der Waals surface area contributed by atoms with E-state index in [1.165, 1.54) is 24.0 Å². The van der Waals surface area contributed by atoms with Gasteiger partial charge in [-0.25, -0.2) is 0 Å². The van der Waals surface area contributed by atoms with Crippen LogP contribution in [0.5, 0.6) is 5.75 Å². The minimum absolute atomic E-state index is 0.0406. The van der Waals surface area contributed by atoms with E-state index in [4.69, 9.17) is 9.47 Å². The van der Waals surface area contributed by atoms with Crippen LogP contribution in [0.2, 0.25) is 0 Å². The lowest BCUT2D eigenvalue weighted by atomic mass is 10.0. The fourth-order valence-corrected chi connectivity index (χ4v) is 5.78. The molecule has 40 heavy (non-hydrogen) atoms. The summed E-state index contributed by atoms with van der Waals surface area (Å²) in [6.07, 6.45) is 3.29. The first-order valence-corrected chi connectivity index (χ1v) is 14.2. The fraction of sp³-hybridized carbons (Fsp3) is 0.333. The van der Waals surface area contributed by atoms with Gasteiger partial charge in [0.2, 0.25) is 0 Å². The molecule has 1 aromatic heterocycles. The average Bonchev–Trinajstić information content (AvgIpc) is 3.72. The van der Waals surface area contributed by atoms with Crippen LogP contribution in [0.3, 0.4) is 0 Å². The Labute approximate surface area is 233 Å². The van der Waals surface area contributed by atoms with Gasteiger partial charge < -0.3 is 19.7 Å². The number of hydrogen-bond acceptors (Lipinski definition) is 5. The van der Waals surface area contributed by atoms with Gasteiger partial charge in [-0.05, 0) is 72.2 Å². The number of nitrogens with one attached hydrogen (secondary N) is 1. The highest BCUT2D eigenvalue weighted by Crippen LogP contribution is 2.41. The molecular weight excluding hydrogens is 502 g/mol. The summed E-state index contributed by atoms with van der Waals surface area (Å²) in [4.78, 5) is 28.8. The Hall–Kier alpha value is -3.94. The molecule has 1 N–H and O–H groups in total. The Bertz CT molecular complexity index is 1550. The Morgan fingerprint density at radius 2 is 1.75 bits per heavy atom. The van der Waals surface area contributed by atoms with Crippen molar-refractivity contribution in [2.75, 3.05) is 26.3 Å². The van der Waals surface area contributed by atoms with Crippen LogP contribution in [-0.4, -0.2) is 59.7 Å². The molecule has 3 heterocycles. The van der Waals surface area contributed by atoms with Crippen molar-refractivity contribution >= 4 is 22.7 Å². The number of nitrogens with zero attached hydrogens (tertiary/aromatic N) is 2. The lowest BCUT2D eigenvalue weighted by Crippen LogP contribution is -2.50. The van der Waals surface area contributed by atoms with Gasteiger partial charge in [0.25, 0.3) is 11.8 Å². The summed E-state index contributed by atoms with van der Waals surface area (Å²) < 4.78 is 12.8. The van der Waals surface area contributed by atoms with Gasteiger partial charge in [0.05, 0.1) is 18.7 Å². The molecule has 204 valence electrons. The second-order valence-corrected chi connectivity index (χ2v) is 11.2. The van der Waals surface area contributed by atoms with Gasteiger partial charge in [-0.2, -0.15) is 0 Å². The molecule has 0 unspecified atom stereocenters. The molecule has 1 amide bonds. The van der Waals surface area contributed by atoms with Crippen molar-refractivity contribution in [2.24, 2.45) is 0 Å². The van der Waals surface area contributed by atoms with E-state index in [0.29, 0.717) is 37.9 Å². The highest BCUT2D eigenvalue weighted by Gasteiger charge is 2.33. The van der Waals surface area contributed by atoms with Crippen molar-refractivity contribution in [3.05, 3.63) is 101 Å². The summed E-state index contributed by atoms with van der Waals surface area (Å²) in [5.41, 5.74) is 4.87. The van der Waals surface area contributed by atoms with E-state index in [-0.39, 0.29) is 30.5 Å². The number of hydrogen-bond donors (Lipinski definition) is 1. The zero-order valence-electron chi connectivity index (χ0n) is 22.4. The zero-order chi connectivity index (χ0) is 27.1. The molecule has 2 aliphatic heterocycles. The first-order chi connectivity index (χ1) is 19.6. The van der Waals surface area contributed by atoms with Gasteiger partial charge in [0.1, 0.15) is 24.1 Å². The summed E-state index contributed by atoms with van der Waals surface area (Å²) in [5.74, 6) is 1.30. The standard InChI is InChI=1S/C33H33N3O4/c37-32-19-35(33(38)31-16-26-15-25(24-9-10-24)11-12-30(26)36(31)32)18-27(13-22-5-2-1-3-6-22)34-17-23-7-4-8-28(14-23)40-29-20-39-21-29/h1-8,11-12,14-16,24,27,29,34H,9-10,13,17-21H2/t27-/m0/s1. The number of rotatable bonds is 10. The van der Waals surface area contributed by atoms with Crippen molar-refractivity contribution in [1.29, 1.82) is 0 Å². The summed E-state index contributed by atoms with van der Waals surface area (Å²) in [5, 5.41) is 4.63. The van der Waals surface area contributed by atoms with Gasteiger partial charge >= 0.3 is 0 Å². The maximum Gasteiger partial charge on any atom is 0.271 e. The normalized spacial score (nSPS) is 18.1. The predicted octanol–water partition coefficient (Wildman–Crippen LogP) is 4.79. The molecule has 7 heteroatoms. The van der Waals surface area contributed by atoms with Gasteiger partial charge in [-0.1, -0.05) is 48.5 Å². The molecule has 0 bridgehead atoms. The van der Waals surface area contributed by atoms with Crippen LogP contribution in [0.4, 0.5) is 0 Å². The van der Waals surface area contributed by atoms with Crippen molar-refractivity contribution in [2.45, 2.75) is 43.9 Å². The summed E-state index contributed by atoms with van der Waals surface area (Å²) in [7, 11) is 0. The summed E-state index contributed by atoms with van der Waals surface area (Å²) in [6, 6.07) is 26.5. The molecular formula is C33H33N3O4. The Balaban J connectivity index is 1.10. The molecule has 3 aromatic carbocycles. The lowest BCUT2D eigenvalue weighted by Gasteiger charge is -2.31. The highest BCUT2D eigenvalue weighted by atomic mass is 16.6. The van der Waals surface area contributed by atoms with E-state index in [1.807, 2.05) is 42.5 Å². The maximum atomic E-state index is 13.7. The van der Waals surface area contributed by atoms with Crippen LogP contribution < -0.4 is 10.1 Å². The highest BCUT2D eigenvalue weighted by molar-refractivity contribution is 6.09. The van der Waals surface area contributed by atoms with Crippen molar-refractivity contribution in [3.8, 4) is 5.75 Å². The largest absolute Gasteiger partial charge is 0.486 e. The maximum absolute atomic E-state index is 13.7. The first-order valence-electron chi connectivity index (χ1n) is 14.2. The molecule has 1 aliphatic carbocycles. The summed E-state index contributed by atoms with van der Waals surface area (Å²) >= 11 is 0. The molecule has 2 fully saturated rings. The van der Waals surface area contributed by atoms with Crippen LogP contribution in [-0.2, 0) is 17.7 Å². The molecule has 4 aromatic rings. The van der Waals surface area contributed by atoms with Crippen LogP contribution in [0.1, 0.15) is 50.7 Å². The molecule has 1 saturated carbocycles. The smallest absolute Gasteiger partial charge is 0.271 e. The number of benzene rings is 3. The third-order valence-corrected chi connectivity index (χ3v) is 8.13. The Morgan fingerprint density at radius 1 is 0.925 bits per heavy atom. The van der Waals surface area contributed by atoms with E-state index < -0.39 is 0 Å². The molecule has 1 saturated heterocycles. The Kier molecular flexibility index (Phi) is 6.61. The lowest BCUT2D eigenvalue weighted by molar-refractivity contribution is -0.0797. The van der Waals surface area contributed by atoms with Crippen LogP contribution in [0, 0.1) is 0 Å². The zero-order valence-corrected chi connectivity index (χ0v) is 22.4.